The standard InChI is InChI=1S/C16H24N2O2/c1-2-20-16(19)12-9-10-14(17)15(11-12)18-13-7-5-3-4-6-8-13/h9-11,13,18H,2-8,17H2,1H3. The predicted molar refractivity (Wildman–Crippen MR) is 81.9 cm³/mol. The molecule has 0 radical (unpaired) electrons. The van der Waals surface area contributed by atoms with Gasteiger partial charge in [-0.1, -0.05) is 25.7 Å². The van der Waals surface area contributed by atoms with Gasteiger partial charge in [0.25, 0.3) is 0 Å². The van der Waals surface area contributed by atoms with Crippen LogP contribution in [-0.4, -0.2) is 18.6 Å². The molecule has 0 amide bonds. The van der Waals surface area contributed by atoms with Crippen LogP contribution < -0.4 is 11.1 Å². The first-order chi connectivity index (χ1) is 9.70. The van der Waals surface area contributed by atoms with Gasteiger partial charge >= 0.3 is 5.97 Å². The second-order valence-electron chi connectivity index (χ2n) is 5.36. The number of carbonyl (C=O) groups is 1. The third-order valence-corrected chi connectivity index (χ3v) is 3.78. The molecule has 0 aliphatic heterocycles. The normalized spacial score (nSPS) is 16.4. The van der Waals surface area contributed by atoms with E-state index in [4.69, 9.17) is 10.5 Å². The third kappa shape index (κ3) is 3.89. The van der Waals surface area contributed by atoms with Crippen LogP contribution in [0.4, 0.5) is 11.4 Å². The van der Waals surface area contributed by atoms with E-state index in [2.05, 4.69) is 5.32 Å². The molecule has 1 aliphatic rings. The summed E-state index contributed by atoms with van der Waals surface area (Å²) in [7, 11) is 0. The summed E-state index contributed by atoms with van der Waals surface area (Å²) < 4.78 is 5.03. The first-order valence-electron chi connectivity index (χ1n) is 7.54. The van der Waals surface area contributed by atoms with Gasteiger partial charge in [0, 0.05) is 6.04 Å². The van der Waals surface area contributed by atoms with Gasteiger partial charge in [0.1, 0.15) is 0 Å². The average molecular weight is 276 g/mol. The molecule has 1 aliphatic carbocycles. The minimum absolute atomic E-state index is 0.295. The molecule has 1 aromatic carbocycles. The Kier molecular flexibility index (Phi) is 5.27. The maximum atomic E-state index is 11.8. The Hall–Kier alpha value is -1.71. The van der Waals surface area contributed by atoms with Crippen molar-refractivity contribution in [1.29, 1.82) is 0 Å². The number of nitrogen functional groups attached to an aromatic ring is 1. The fourth-order valence-electron chi connectivity index (χ4n) is 2.67. The molecule has 0 unspecified atom stereocenters. The summed E-state index contributed by atoms with van der Waals surface area (Å²) in [6, 6.07) is 5.74. The second-order valence-corrected chi connectivity index (χ2v) is 5.36. The van der Waals surface area contributed by atoms with Crippen LogP contribution in [-0.2, 0) is 4.74 Å². The molecular formula is C16H24N2O2. The second kappa shape index (κ2) is 7.17. The van der Waals surface area contributed by atoms with E-state index in [1.807, 2.05) is 0 Å². The SMILES string of the molecule is CCOC(=O)c1ccc(N)c(NC2CCCCCC2)c1. The topological polar surface area (TPSA) is 64.3 Å². The monoisotopic (exact) mass is 276 g/mol. The Balaban J connectivity index is 2.09. The van der Waals surface area contributed by atoms with Crippen molar-refractivity contribution < 1.29 is 9.53 Å². The highest BCUT2D eigenvalue weighted by Crippen LogP contribution is 2.26. The van der Waals surface area contributed by atoms with Crippen molar-refractivity contribution in [3.8, 4) is 0 Å². The molecule has 0 heterocycles. The number of anilines is 2. The fraction of sp³-hybridized carbons (Fsp3) is 0.562. The number of carbonyl (C=O) groups excluding carboxylic acids is 1. The lowest BCUT2D eigenvalue weighted by Crippen LogP contribution is -2.19. The van der Waals surface area contributed by atoms with Gasteiger partial charge < -0.3 is 15.8 Å². The van der Waals surface area contributed by atoms with Crippen LogP contribution in [0.5, 0.6) is 0 Å². The first-order valence-corrected chi connectivity index (χ1v) is 7.54. The van der Waals surface area contributed by atoms with Crippen LogP contribution in [0.25, 0.3) is 0 Å². The van der Waals surface area contributed by atoms with Crippen molar-refractivity contribution in [2.45, 2.75) is 51.5 Å². The Morgan fingerprint density at radius 3 is 2.65 bits per heavy atom. The zero-order valence-corrected chi connectivity index (χ0v) is 12.2. The number of nitrogens with two attached hydrogens (primary N) is 1. The molecule has 4 heteroatoms. The fourth-order valence-corrected chi connectivity index (χ4v) is 2.67. The molecule has 20 heavy (non-hydrogen) atoms. The van der Waals surface area contributed by atoms with Crippen molar-refractivity contribution >= 4 is 17.3 Å². The lowest BCUT2D eigenvalue weighted by atomic mass is 10.1. The van der Waals surface area contributed by atoms with Gasteiger partial charge in [0.2, 0.25) is 0 Å². The lowest BCUT2D eigenvalue weighted by molar-refractivity contribution is 0.0526. The summed E-state index contributed by atoms with van der Waals surface area (Å²) in [5, 5.41) is 3.49. The van der Waals surface area contributed by atoms with Gasteiger partial charge in [-0.3, -0.25) is 0 Å². The first kappa shape index (κ1) is 14.7. The minimum Gasteiger partial charge on any atom is -0.462 e. The molecule has 3 N–H and O–H groups in total. The van der Waals surface area contributed by atoms with Crippen molar-refractivity contribution in [2.24, 2.45) is 0 Å². The van der Waals surface area contributed by atoms with E-state index in [9.17, 15) is 4.79 Å². The van der Waals surface area contributed by atoms with Crippen LogP contribution in [0.2, 0.25) is 0 Å². The number of hydrogen-bond donors (Lipinski definition) is 2. The van der Waals surface area contributed by atoms with Crippen LogP contribution in [0.3, 0.4) is 0 Å². The summed E-state index contributed by atoms with van der Waals surface area (Å²) in [5.74, 6) is -0.295. The van der Waals surface area contributed by atoms with Gasteiger partial charge in [-0.15, -0.1) is 0 Å². The number of hydrogen-bond acceptors (Lipinski definition) is 4. The number of ether oxygens (including phenoxy) is 1. The highest BCUT2D eigenvalue weighted by molar-refractivity contribution is 5.92. The maximum absolute atomic E-state index is 11.8. The van der Waals surface area contributed by atoms with Gasteiger partial charge in [-0.05, 0) is 38.0 Å². The summed E-state index contributed by atoms with van der Waals surface area (Å²) in [6.07, 6.45) is 7.49. The molecule has 1 saturated carbocycles. The summed E-state index contributed by atoms with van der Waals surface area (Å²) in [6.45, 7) is 2.19. The molecule has 110 valence electrons. The highest BCUT2D eigenvalue weighted by Gasteiger charge is 2.15. The zero-order valence-electron chi connectivity index (χ0n) is 12.2. The average Bonchev–Trinajstić information content (AvgIpc) is 2.70. The summed E-state index contributed by atoms with van der Waals surface area (Å²) >= 11 is 0. The van der Waals surface area contributed by atoms with Crippen molar-refractivity contribution in [3.05, 3.63) is 23.8 Å². The Labute approximate surface area is 120 Å². The smallest absolute Gasteiger partial charge is 0.338 e. The van der Waals surface area contributed by atoms with E-state index in [-0.39, 0.29) is 5.97 Å². The molecule has 2 rings (SSSR count). The van der Waals surface area contributed by atoms with E-state index in [0.29, 0.717) is 23.9 Å². The van der Waals surface area contributed by atoms with Crippen molar-refractivity contribution in [1.82, 2.24) is 0 Å². The summed E-state index contributed by atoms with van der Waals surface area (Å²) in [5.41, 5.74) is 8.09. The van der Waals surface area contributed by atoms with Gasteiger partial charge in [-0.2, -0.15) is 0 Å². The van der Waals surface area contributed by atoms with E-state index in [0.717, 1.165) is 5.69 Å². The van der Waals surface area contributed by atoms with E-state index >= 15 is 0 Å². The molecule has 0 spiro atoms. The van der Waals surface area contributed by atoms with Gasteiger partial charge in [0.05, 0.1) is 23.5 Å². The maximum Gasteiger partial charge on any atom is 0.338 e. The number of esters is 1. The predicted octanol–water partition coefficient (Wildman–Crippen LogP) is 3.58. The highest BCUT2D eigenvalue weighted by atomic mass is 16.5. The lowest BCUT2D eigenvalue weighted by Gasteiger charge is -2.19. The van der Waals surface area contributed by atoms with E-state index < -0.39 is 0 Å². The minimum atomic E-state index is -0.295. The number of benzene rings is 1. The molecule has 0 saturated heterocycles. The van der Waals surface area contributed by atoms with Crippen LogP contribution >= 0.6 is 0 Å². The van der Waals surface area contributed by atoms with Crippen LogP contribution in [0.1, 0.15) is 55.8 Å². The molecule has 4 nitrogen and oxygen atoms in total. The zero-order chi connectivity index (χ0) is 14.4. The number of nitrogens with one attached hydrogen (secondary N) is 1. The molecule has 0 bridgehead atoms. The third-order valence-electron chi connectivity index (χ3n) is 3.78. The Bertz CT molecular complexity index is 452. The Morgan fingerprint density at radius 2 is 2.00 bits per heavy atom. The van der Waals surface area contributed by atoms with Crippen molar-refractivity contribution in [2.75, 3.05) is 17.7 Å². The van der Waals surface area contributed by atoms with Gasteiger partial charge in [0.15, 0.2) is 0 Å². The quantitative estimate of drug-likeness (QED) is 0.501. The van der Waals surface area contributed by atoms with Crippen LogP contribution in [0.15, 0.2) is 18.2 Å². The van der Waals surface area contributed by atoms with E-state index in [1.54, 1.807) is 25.1 Å². The van der Waals surface area contributed by atoms with E-state index in [1.165, 1.54) is 38.5 Å². The van der Waals surface area contributed by atoms with Gasteiger partial charge in [-0.25, -0.2) is 4.79 Å². The van der Waals surface area contributed by atoms with Crippen molar-refractivity contribution in [3.63, 3.8) is 0 Å². The molecule has 0 aromatic heterocycles. The molecular weight excluding hydrogens is 252 g/mol. The van der Waals surface area contributed by atoms with Crippen LogP contribution in [0, 0.1) is 0 Å². The largest absolute Gasteiger partial charge is 0.462 e. The molecule has 0 atom stereocenters. The Morgan fingerprint density at radius 1 is 1.30 bits per heavy atom. The number of rotatable bonds is 4. The molecule has 1 fully saturated rings. The molecule has 1 aromatic rings. The summed E-state index contributed by atoms with van der Waals surface area (Å²) in [4.78, 5) is 11.8.